The number of phenols is 1. The van der Waals surface area contributed by atoms with Crippen molar-refractivity contribution in [2.45, 2.75) is 13.8 Å². The number of rotatable bonds is 2. The fourth-order valence-electron chi connectivity index (χ4n) is 2.49. The summed E-state index contributed by atoms with van der Waals surface area (Å²) < 4.78 is 0. The third kappa shape index (κ3) is 3.14. The van der Waals surface area contributed by atoms with Gasteiger partial charge in [0.1, 0.15) is 11.3 Å². The van der Waals surface area contributed by atoms with Crippen LogP contribution in [0.4, 0.5) is 10.5 Å². The Bertz CT molecular complexity index is 914. The number of amides is 4. The van der Waals surface area contributed by atoms with Crippen LogP contribution in [0.3, 0.4) is 0 Å². The average Bonchev–Trinajstić information content (AvgIpc) is 2.56. The molecule has 0 aromatic heterocycles. The summed E-state index contributed by atoms with van der Waals surface area (Å²) in [6.07, 6.45) is 1.39. The van der Waals surface area contributed by atoms with E-state index in [9.17, 15) is 19.5 Å². The first-order valence-electron chi connectivity index (χ1n) is 7.64. The Kier molecular flexibility index (Phi) is 4.10. The molecule has 0 radical (unpaired) electrons. The Hall–Kier alpha value is -3.41. The number of aromatic hydroxyl groups is 1. The number of carbonyl (C=O) groups is 3. The van der Waals surface area contributed by atoms with E-state index in [1.807, 2.05) is 19.9 Å². The number of anilines is 1. The van der Waals surface area contributed by atoms with Gasteiger partial charge in [-0.1, -0.05) is 18.2 Å². The quantitative estimate of drug-likeness (QED) is 0.652. The first kappa shape index (κ1) is 16.4. The van der Waals surface area contributed by atoms with Crippen molar-refractivity contribution in [3.63, 3.8) is 0 Å². The number of hydrogen-bond acceptors (Lipinski definition) is 4. The van der Waals surface area contributed by atoms with E-state index in [1.54, 1.807) is 24.3 Å². The van der Waals surface area contributed by atoms with Crippen LogP contribution in [0.5, 0.6) is 5.75 Å². The normalized spacial score (nSPS) is 16.3. The molecule has 1 heterocycles. The number of phenolic OH excluding ortho intramolecular Hbond substituents is 1. The van der Waals surface area contributed by atoms with Crippen molar-refractivity contribution in [3.8, 4) is 5.75 Å². The van der Waals surface area contributed by atoms with Gasteiger partial charge in [-0.3, -0.25) is 14.9 Å². The highest BCUT2D eigenvalue weighted by Gasteiger charge is 2.36. The predicted molar refractivity (Wildman–Crippen MR) is 93.0 cm³/mol. The predicted octanol–water partition coefficient (Wildman–Crippen LogP) is 2.68. The van der Waals surface area contributed by atoms with Crippen molar-refractivity contribution < 1.29 is 19.5 Å². The Balaban J connectivity index is 2.02. The summed E-state index contributed by atoms with van der Waals surface area (Å²) in [6.45, 7) is 3.81. The van der Waals surface area contributed by atoms with Gasteiger partial charge in [0.15, 0.2) is 0 Å². The number of urea groups is 1. The van der Waals surface area contributed by atoms with E-state index >= 15 is 0 Å². The summed E-state index contributed by atoms with van der Waals surface area (Å²) in [5.41, 5.74) is 2.77. The molecule has 6 heteroatoms. The summed E-state index contributed by atoms with van der Waals surface area (Å²) >= 11 is 0. The number of carbonyl (C=O) groups excluding carboxylic acids is 3. The van der Waals surface area contributed by atoms with Crippen molar-refractivity contribution in [3.05, 3.63) is 64.7 Å². The van der Waals surface area contributed by atoms with Gasteiger partial charge in [0.05, 0.1) is 5.69 Å². The zero-order valence-electron chi connectivity index (χ0n) is 13.7. The van der Waals surface area contributed by atoms with E-state index in [0.717, 1.165) is 16.0 Å². The number of barbiturate groups is 1. The molecule has 1 aliphatic heterocycles. The van der Waals surface area contributed by atoms with Crippen molar-refractivity contribution >= 4 is 29.6 Å². The zero-order chi connectivity index (χ0) is 18.1. The number of benzene rings is 2. The number of nitrogens with zero attached hydrogens (tertiary/aromatic N) is 1. The second-order valence-corrected chi connectivity index (χ2v) is 5.82. The highest BCUT2D eigenvalue weighted by molar-refractivity contribution is 6.39. The molecule has 6 nitrogen and oxygen atoms in total. The van der Waals surface area contributed by atoms with Crippen LogP contribution in [0.1, 0.15) is 16.7 Å². The van der Waals surface area contributed by atoms with Crippen LogP contribution < -0.4 is 10.2 Å². The minimum Gasteiger partial charge on any atom is -0.508 e. The SMILES string of the molecule is Cc1ccc(N2C(=O)NC(=O)C(=Cc3ccc(O)cc3)C2=O)cc1C. The molecule has 4 amide bonds. The molecule has 0 unspecified atom stereocenters. The second-order valence-electron chi connectivity index (χ2n) is 5.82. The number of aryl methyl sites for hydroxylation is 2. The number of hydrogen-bond donors (Lipinski definition) is 2. The molecule has 0 aliphatic carbocycles. The highest BCUT2D eigenvalue weighted by atomic mass is 16.3. The number of nitrogens with one attached hydrogen (secondary N) is 1. The minimum atomic E-state index is -0.777. The van der Waals surface area contributed by atoms with Crippen molar-refractivity contribution in [1.29, 1.82) is 0 Å². The molecule has 1 aliphatic rings. The molecule has 1 fully saturated rings. The van der Waals surface area contributed by atoms with Crippen molar-refractivity contribution in [2.75, 3.05) is 4.90 Å². The molecule has 126 valence electrons. The van der Waals surface area contributed by atoms with Crippen LogP contribution in [-0.2, 0) is 9.59 Å². The molecule has 3 rings (SSSR count). The lowest BCUT2D eigenvalue weighted by Gasteiger charge is -2.26. The monoisotopic (exact) mass is 336 g/mol. The zero-order valence-corrected chi connectivity index (χ0v) is 13.7. The van der Waals surface area contributed by atoms with E-state index < -0.39 is 17.8 Å². The van der Waals surface area contributed by atoms with Gasteiger partial charge >= 0.3 is 6.03 Å². The lowest BCUT2D eigenvalue weighted by molar-refractivity contribution is -0.122. The van der Waals surface area contributed by atoms with Crippen LogP contribution in [0.15, 0.2) is 48.0 Å². The van der Waals surface area contributed by atoms with Gasteiger partial charge in [-0.2, -0.15) is 0 Å². The molecular formula is C19H16N2O4. The maximum absolute atomic E-state index is 12.7. The minimum absolute atomic E-state index is 0.0773. The Morgan fingerprint density at radius 3 is 2.28 bits per heavy atom. The molecular weight excluding hydrogens is 320 g/mol. The maximum Gasteiger partial charge on any atom is 0.335 e. The van der Waals surface area contributed by atoms with Gasteiger partial charge < -0.3 is 5.11 Å². The van der Waals surface area contributed by atoms with Gasteiger partial charge in [0.2, 0.25) is 0 Å². The summed E-state index contributed by atoms with van der Waals surface area (Å²) in [7, 11) is 0. The summed E-state index contributed by atoms with van der Waals surface area (Å²) in [5, 5.41) is 11.5. The number of imide groups is 2. The largest absolute Gasteiger partial charge is 0.508 e. The molecule has 0 atom stereocenters. The van der Waals surface area contributed by atoms with Crippen LogP contribution in [0, 0.1) is 13.8 Å². The molecule has 0 saturated carbocycles. The molecule has 1 saturated heterocycles. The van der Waals surface area contributed by atoms with Gasteiger partial charge in [0, 0.05) is 0 Å². The van der Waals surface area contributed by atoms with Crippen molar-refractivity contribution in [1.82, 2.24) is 5.32 Å². The van der Waals surface area contributed by atoms with E-state index in [4.69, 9.17) is 0 Å². The van der Waals surface area contributed by atoms with Crippen LogP contribution in [0.2, 0.25) is 0 Å². The molecule has 0 bridgehead atoms. The molecule has 25 heavy (non-hydrogen) atoms. The van der Waals surface area contributed by atoms with Gasteiger partial charge in [-0.05, 0) is 60.9 Å². The standard InChI is InChI=1S/C19H16N2O4/c1-11-3-6-14(9-12(11)2)21-18(24)16(17(23)20-19(21)25)10-13-4-7-15(22)8-5-13/h3-10,22H,1-2H3,(H,20,23,25). The summed E-state index contributed by atoms with van der Waals surface area (Å²) in [4.78, 5) is 37.9. The summed E-state index contributed by atoms with van der Waals surface area (Å²) in [5.74, 6) is -1.36. The van der Waals surface area contributed by atoms with Gasteiger partial charge in [-0.25, -0.2) is 9.69 Å². The first-order valence-corrected chi connectivity index (χ1v) is 7.64. The molecule has 2 aromatic carbocycles. The van der Waals surface area contributed by atoms with Crippen LogP contribution in [0.25, 0.3) is 6.08 Å². The van der Waals surface area contributed by atoms with Crippen LogP contribution >= 0.6 is 0 Å². The third-order valence-corrected chi connectivity index (χ3v) is 4.05. The fraction of sp³-hybridized carbons (Fsp3) is 0.105. The molecule has 0 spiro atoms. The Morgan fingerprint density at radius 1 is 0.960 bits per heavy atom. The van der Waals surface area contributed by atoms with Gasteiger partial charge in [0.25, 0.3) is 11.8 Å². The van der Waals surface area contributed by atoms with E-state index in [-0.39, 0.29) is 11.3 Å². The fourth-order valence-corrected chi connectivity index (χ4v) is 2.49. The smallest absolute Gasteiger partial charge is 0.335 e. The van der Waals surface area contributed by atoms with E-state index in [1.165, 1.54) is 18.2 Å². The van der Waals surface area contributed by atoms with Crippen LogP contribution in [-0.4, -0.2) is 23.0 Å². The topological polar surface area (TPSA) is 86.7 Å². The van der Waals surface area contributed by atoms with E-state index in [2.05, 4.69) is 5.32 Å². The molecule has 2 N–H and O–H groups in total. The first-order chi connectivity index (χ1) is 11.9. The second kappa shape index (κ2) is 6.24. The van der Waals surface area contributed by atoms with Crippen molar-refractivity contribution in [2.24, 2.45) is 0 Å². The maximum atomic E-state index is 12.7. The Labute approximate surface area is 144 Å². The lowest BCUT2D eigenvalue weighted by atomic mass is 10.1. The Morgan fingerprint density at radius 2 is 1.64 bits per heavy atom. The highest BCUT2D eigenvalue weighted by Crippen LogP contribution is 2.24. The van der Waals surface area contributed by atoms with Gasteiger partial charge in [-0.15, -0.1) is 0 Å². The van der Waals surface area contributed by atoms with E-state index in [0.29, 0.717) is 11.3 Å². The lowest BCUT2D eigenvalue weighted by Crippen LogP contribution is -2.54. The molecule has 2 aromatic rings. The average molecular weight is 336 g/mol. The summed E-state index contributed by atoms with van der Waals surface area (Å²) in [6, 6.07) is 10.5. The third-order valence-electron chi connectivity index (χ3n) is 4.05.